The van der Waals surface area contributed by atoms with Crippen molar-refractivity contribution in [3.63, 3.8) is 0 Å². The molecule has 1 aromatic rings. The van der Waals surface area contributed by atoms with Crippen molar-refractivity contribution < 1.29 is 9.84 Å². The molecule has 0 bridgehead atoms. The third-order valence-corrected chi connectivity index (χ3v) is 3.41. The van der Waals surface area contributed by atoms with Crippen molar-refractivity contribution in [3.8, 4) is 5.75 Å². The molecule has 0 aromatic heterocycles. The van der Waals surface area contributed by atoms with Crippen LogP contribution in [0.2, 0.25) is 0 Å². The van der Waals surface area contributed by atoms with Gasteiger partial charge in [0.1, 0.15) is 11.4 Å². The first-order valence-electron chi connectivity index (χ1n) is 6.13. The largest absolute Gasteiger partial charge is 0.488 e. The van der Waals surface area contributed by atoms with Gasteiger partial charge in [-0.2, -0.15) is 0 Å². The Bertz CT molecular complexity index is 426. The Morgan fingerprint density at radius 3 is 2.82 bits per heavy atom. The number of fused-ring (bicyclic) bond motifs is 1. The normalized spacial score (nSPS) is 19.4. The molecule has 0 fully saturated rings. The molecule has 1 aliphatic heterocycles. The van der Waals surface area contributed by atoms with Gasteiger partial charge in [-0.05, 0) is 62.4 Å². The van der Waals surface area contributed by atoms with Gasteiger partial charge in [0, 0.05) is 6.54 Å². The Hall–Kier alpha value is -1.06. The molecule has 3 heteroatoms. The number of rotatable bonds is 2. The standard InChI is InChI=1S/C14H21NO2/c1-9-6-13-10(4-5-14(2,3)17-13)7-11(9)12(16)8-15/h6-7,12,16H,4-5,8,15H2,1-3H3. The molecule has 1 aromatic carbocycles. The molecule has 1 heterocycles. The van der Waals surface area contributed by atoms with Crippen molar-refractivity contribution in [3.05, 3.63) is 28.8 Å². The van der Waals surface area contributed by atoms with Crippen LogP contribution in [-0.4, -0.2) is 17.3 Å². The SMILES string of the molecule is Cc1cc2c(cc1C(O)CN)CCC(C)(C)O2. The van der Waals surface area contributed by atoms with Crippen LogP contribution in [0.25, 0.3) is 0 Å². The van der Waals surface area contributed by atoms with Crippen molar-refractivity contribution >= 4 is 0 Å². The summed E-state index contributed by atoms with van der Waals surface area (Å²) in [4.78, 5) is 0. The van der Waals surface area contributed by atoms with E-state index in [1.54, 1.807) is 0 Å². The number of ether oxygens (including phenoxy) is 1. The van der Waals surface area contributed by atoms with E-state index in [2.05, 4.69) is 13.8 Å². The van der Waals surface area contributed by atoms with E-state index < -0.39 is 6.10 Å². The summed E-state index contributed by atoms with van der Waals surface area (Å²) in [6, 6.07) is 4.06. The van der Waals surface area contributed by atoms with Crippen LogP contribution < -0.4 is 10.5 Å². The molecule has 0 saturated carbocycles. The summed E-state index contributed by atoms with van der Waals surface area (Å²) in [7, 11) is 0. The molecule has 1 unspecified atom stereocenters. The van der Waals surface area contributed by atoms with E-state index in [0.29, 0.717) is 0 Å². The van der Waals surface area contributed by atoms with Crippen molar-refractivity contribution in [1.29, 1.82) is 0 Å². The number of aliphatic hydroxyl groups is 1. The minimum Gasteiger partial charge on any atom is -0.488 e. The highest BCUT2D eigenvalue weighted by atomic mass is 16.5. The minimum atomic E-state index is -0.574. The maximum Gasteiger partial charge on any atom is 0.123 e. The van der Waals surface area contributed by atoms with E-state index in [-0.39, 0.29) is 12.1 Å². The lowest BCUT2D eigenvalue weighted by molar-refractivity contribution is 0.0843. The molecular weight excluding hydrogens is 214 g/mol. The van der Waals surface area contributed by atoms with Crippen molar-refractivity contribution in [2.24, 2.45) is 5.73 Å². The first-order chi connectivity index (χ1) is 7.93. The molecule has 0 aliphatic carbocycles. The van der Waals surface area contributed by atoms with Crippen LogP contribution in [0.1, 0.15) is 43.1 Å². The van der Waals surface area contributed by atoms with E-state index in [0.717, 1.165) is 29.7 Å². The Balaban J connectivity index is 2.39. The van der Waals surface area contributed by atoms with E-state index >= 15 is 0 Å². The zero-order valence-electron chi connectivity index (χ0n) is 10.8. The fourth-order valence-electron chi connectivity index (χ4n) is 2.31. The van der Waals surface area contributed by atoms with E-state index in [1.807, 2.05) is 19.1 Å². The molecule has 0 spiro atoms. The van der Waals surface area contributed by atoms with E-state index in [1.165, 1.54) is 5.56 Å². The topological polar surface area (TPSA) is 55.5 Å². The number of aryl methyl sites for hydroxylation is 2. The Labute approximate surface area is 103 Å². The van der Waals surface area contributed by atoms with Crippen molar-refractivity contribution in [1.82, 2.24) is 0 Å². The first kappa shape index (κ1) is 12.4. The van der Waals surface area contributed by atoms with Crippen LogP contribution in [0.3, 0.4) is 0 Å². The molecule has 2 rings (SSSR count). The molecule has 0 radical (unpaired) electrons. The smallest absolute Gasteiger partial charge is 0.123 e. The van der Waals surface area contributed by atoms with Gasteiger partial charge in [0.2, 0.25) is 0 Å². The van der Waals surface area contributed by atoms with Crippen LogP contribution in [0.5, 0.6) is 5.75 Å². The number of benzene rings is 1. The molecule has 0 amide bonds. The van der Waals surface area contributed by atoms with Crippen LogP contribution in [0.15, 0.2) is 12.1 Å². The molecule has 1 atom stereocenters. The third-order valence-electron chi connectivity index (χ3n) is 3.41. The Morgan fingerprint density at radius 1 is 1.47 bits per heavy atom. The van der Waals surface area contributed by atoms with Crippen LogP contribution >= 0.6 is 0 Å². The van der Waals surface area contributed by atoms with E-state index in [4.69, 9.17) is 10.5 Å². The second kappa shape index (κ2) is 4.31. The second-order valence-electron chi connectivity index (χ2n) is 5.43. The highest BCUT2D eigenvalue weighted by Gasteiger charge is 2.27. The second-order valence-corrected chi connectivity index (χ2v) is 5.43. The fraction of sp³-hybridized carbons (Fsp3) is 0.571. The molecule has 0 saturated heterocycles. The number of hydrogen-bond donors (Lipinski definition) is 2. The average molecular weight is 235 g/mol. The summed E-state index contributed by atoms with van der Waals surface area (Å²) in [5, 5.41) is 9.85. The monoisotopic (exact) mass is 235 g/mol. The molecule has 3 N–H and O–H groups in total. The van der Waals surface area contributed by atoms with Crippen molar-refractivity contribution in [2.45, 2.75) is 45.3 Å². The van der Waals surface area contributed by atoms with Crippen LogP contribution in [0.4, 0.5) is 0 Å². The van der Waals surface area contributed by atoms with Crippen molar-refractivity contribution in [2.75, 3.05) is 6.54 Å². The highest BCUT2D eigenvalue weighted by molar-refractivity contribution is 5.44. The summed E-state index contributed by atoms with van der Waals surface area (Å²) in [5.74, 6) is 0.951. The third kappa shape index (κ3) is 2.45. The molecule has 94 valence electrons. The lowest BCUT2D eigenvalue weighted by Gasteiger charge is -2.33. The van der Waals surface area contributed by atoms with Gasteiger partial charge in [-0.15, -0.1) is 0 Å². The predicted octanol–water partition coefficient (Wildman–Crippen LogP) is 2.09. The maximum atomic E-state index is 9.85. The maximum absolute atomic E-state index is 9.85. The van der Waals surface area contributed by atoms with Gasteiger partial charge in [0.05, 0.1) is 6.10 Å². The zero-order chi connectivity index (χ0) is 12.6. The van der Waals surface area contributed by atoms with Crippen LogP contribution in [-0.2, 0) is 6.42 Å². The van der Waals surface area contributed by atoms with E-state index in [9.17, 15) is 5.11 Å². The van der Waals surface area contributed by atoms with Gasteiger partial charge in [0.25, 0.3) is 0 Å². The highest BCUT2D eigenvalue weighted by Crippen LogP contribution is 2.36. The lowest BCUT2D eigenvalue weighted by Crippen LogP contribution is -2.32. The van der Waals surface area contributed by atoms with Gasteiger partial charge >= 0.3 is 0 Å². The number of aliphatic hydroxyl groups excluding tert-OH is 1. The predicted molar refractivity (Wildman–Crippen MR) is 68.2 cm³/mol. The molecule has 17 heavy (non-hydrogen) atoms. The first-order valence-corrected chi connectivity index (χ1v) is 6.13. The van der Waals surface area contributed by atoms with Gasteiger partial charge in [-0.25, -0.2) is 0 Å². The molecular formula is C14H21NO2. The quantitative estimate of drug-likeness (QED) is 0.825. The molecule has 1 aliphatic rings. The average Bonchev–Trinajstić information content (AvgIpc) is 2.26. The Kier molecular flexibility index (Phi) is 3.15. The number of hydrogen-bond acceptors (Lipinski definition) is 3. The van der Waals surface area contributed by atoms with Gasteiger partial charge in [-0.3, -0.25) is 0 Å². The molecule has 3 nitrogen and oxygen atoms in total. The Morgan fingerprint density at radius 2 is 2.18 bits per heavy atom. The number of nitrogens with two attached hydrogens (primary N) is 1. The zero-order valence-corrected chi connectivity index (χ0v) is 10.8. The van der Waals surface area contributed by atoms with Gasteiger partial charge < -0.3 is 15.6 Å². The lowest BCUT2D eigenvalue weighted by atomic mass is 9.91. The summed E-state index contributed by atoms with van der Waals surface area (Å²) in [5.41, 5.74) is 8.57. The summed E-state index contributed by atoms with van der Waals surface area (Å²) in [6.07, 6.45) is 1.42. The fourth-order valence-corrected chi connectivity index (χ4v) is 2.31. The van der Waals surface area contributed by atoms with Gasteiger partial charge in [-0.1, -0.05) is 0 Å². The van der Waals surface area contributed by atoms with Crippen LogP contribution in [0, 0.1) is 6.92 Å². The van der Waals surface area contributed by atoms with Gasteiger partial charge in [0.15, 0.2) is 0 Å². The summed E-state index contributed by atoms with van der Waals surface area (Å²) < 4.78 is 5.96. The summed E-state index contributed by atoms with van der Waals surface area (Å²) >= 11 is 0. The minimum absolute atomic E-state index is 0.0898. The summed E-state index contributed by atoms with van der Waals surface area (Å²) in [6.45, 7) is 6.45.